The molecule has 4 rings (SSSR count). The molecule has 4 aromatic rings. The van der Waals surface area contributed by atoms with Crippen molar-refractivity contribution in [2.75, 3.05) is 5.32 Å². The number of halogens is 1. The predicted molar refractivity (Wildman–Crippen MR) is 141 cm³/mol. The average Bonchev–Trinajstić information content (AvgIpc) is 2.83. The van der Waals surface area contributed by atoms with Gasteiger partial charge < -0.3 is 14.5 Å². The second-order valence-corrected chi connectivity index (χ2v) is 9.86. The zero-order valence-electron chi connectivity index (χ0n) is 20.2. The number of anilines is 1. The molecule has 180 valence electrons. The van der Waals surface area contributed by atoms with Gasteiger partial charge in [-0.05, 0) is 47.7 Å². The molecule has 1 heterocycles. The first-order chi connectivity index (χ1) is 16.7. The monoisotopic (exact) mass is 489 g/mol. The minimum atomic E-state index is -0.911. The van der Waals surface area contributed by atoms with Crippen molar-refractivity contribution in [3.05, 3.63) is 93.6 Å². The summed E-state index contributed by atoms with van der Waals surface area (Å²) >= 11 is 6.04. The van der Waals surface area contributed by atoms with Crippen LogP contribution in [0.15, 0.2) is 82.0 Å². The van der Waals surface area contributed by atoms with Crippen molar-refractivity contribution >= 4 is 34.2 Å². The predicted octanol–water partition coefficient (Wildman–Crippen LogP) is 7.21. The summed E-state index contributed by atoms with van der Waals surface area (Å²) in [7, 11) is 0. The number of hydrogen-bond acceptors (Lipinski definition) is 4. The lowest BCUT2D eigenvalue weighted by Crippen LogP contribution is -2.34. The van der Waals surface area contributed by atoms with Crippen molar-refractivity contribution in [2.45, 2.75) is 45.6 Å². The molecule has 5 nitrogen and oxygen atoms in total. The number of benzene rings is 3. The average molecular weight is 490 g/mol. The molecule has 0 radical (unpaired) electrons. The maximum absolute atomic E-state index is 13.5. The first-order valence-electron chi connectivity index (χ1n) is 11.6. The van der Waals surface area contributed by atoms with E-state index in [2.05, 4.69) is 26.1 Å². The van der Waals surface area contributed by atoms with Crippen LogP contribution in [0.5, 0.6) is 5.75 Å². The van der Waals surface area contributed by atoms with Crippen LogP contribution in [0.1, 0.15) is 39.7 Å². The van der Waals surface area contributed by atoms with Crippen LogP contribution < -0.4 is 15.5 Å². The van der Waals surface area contributed by atoms with E-state index < -0.39 is 6.10 Å². The van der Waals surface area contributed by atoms with Crippen LogP contribution in [0, 0.1) is 0 Å². The standard InChI is InChI=1S/C29H28ClNO4/c1-5-23(28(33)31-21-10-8-9-20(30)17-21)34-27-25(32)22-11-6-7-12-24(22)35-26(27)18-13-15-19(16-14-18)29(2,3)4/h6-17,23H,5H2,1-4H3,(H,31,33). The molecule has 0 fully saturated rings. The van der Waals surface area contributed by atoms with E-state index in [-0.39, 0.29) is 22.5 Å². The number of hydrogen-bond donors (Lipinski definition) is 1. The van der Waals surface area contributed by atoms with E-state index >= 15 is 0 Å². The smallest absolute Gasteiger partial charge is 0.265 e. The lowest BCUT2D eigenvalue weighted by molar-refractivity contribution is -0.122. The molecule has 0 bridgehead atoms. The topological polar surface area (TPSA) is 68.5 Å². The van der Waals surface area contributed by atoms with Crippen LogP contribution in [0.2, 0.25) is 5.02 Å². The highest BCUT2D eigenvalue weighted by molar-refractivity contribution is 6.30. The Morgan fingerprint density at radius 3 is 2.40 bits per heavy atom. The van der Waals surface area contributed by atoms with Crippen molar-refractivity contribution in [1.82, 2.24) is 0 Å². The summed E-state index contributed by atoms with van der Waals surface area (Å²) in [6.45, 7) is 8.23. The molecule has 1 aromatic heterocycles. The molecule has 6 heteroatoms. The fourth-order valence-electron chi connectivity index (χ4n) is 3.80. The fourth-order valence-corrected chi connectivity index (χ4v) is 3.99. The molecule has 35 heavy (non-hydrogen) atoms. The number of rotatable bonds is 6. The second-order valence-electron chi connectivity index (χ2n) is 9.43. The number of fused-ring (bicyclic) bond motifs is 1. The van der Waals surface area contributed by atoms with Crippen molar-refractivity contribution in [3.8, 4) is 17.1 Å². The van der Waals surface area contributed by atoms with Gasteiger partial charge in [0.25, 0.3) is 5.91 Å². The van der Waals surface area contributed by atoms with Crippen molar-refractivity contribution in [2.24, 2.45) is 0 Å². The van der Waals surface area contributed by atoms with Crippen molar-refractivity contribution in [1.29, 1.82) is 0 Å². The van der Waals surface area contributed by atoms with Crippen LogP contribution >= 0.6 is 11.6 Å². The Hall–Kier alpha value is -3.57. The van der Waals surface area contributed by atoms with Gasteiger partial charge in [0.15, 0.2) is 11.9 Å². The zero-order valence-corrected chi connectivity index (χ0v) is 21.0. The highest BCUT2D eigenvalue weighted by atomic mass is 35.5. The molecule has 0 saturated carbocycles. The Kier molecular flexibility index (Phi) is 6.99. The number of ether oxygens (including phenoxy) is 1. The van der Waals surface area contributed by atoms with Gasteiger partial charge in [0.05, 0.1) is 5.39 Å². The molecule has 1 atom stereocenters. The zero-order chi connectivity index (χ0) is 25.2. The van der Waals surface area contributed by atoms with E-state index in [0.29, 0.717) is 39.4 Å². The van der Waals surface area contributed by atoms with E-state index in [1.54, 1.807) is 42.5 Å². The van der Waals surface area contributed by atoms with Gasteiger partial charge >= 0.3 is 0 Å². The van der Waals surface area contributed by atoms with Crippen LogP contribution in [-0.4, -0.2) is 12.0 Å². The fraction of sp³-hybridized carbons (Fsp3) is 0.241. The number of amides is 1. The van der Waals surface area contributed by atoms with Gasteiger partial charge in [-0.2, -0.15) is 0 Å². The lowest BCUT2D eigenvalue weighted by Gasteiger charge is -2.20. The quantitative estimate of drug-likeness (QED) is 0.310. The van der Waals surface area contributed by atoms with Gasteiger partial charge in [0.2, 0.25) is 11.2 Å². The van der Waals surface area contributed by atoms with Crippen LogP contribution in [0.4, 0.5) is 5.69 Å². The maximum atomic E-state index is 13.5. The summed E-state index contributed by atoms with van der Waals surface area (Å²) in [4.78, 5) is 26.5. The summed E-state index contributed by atoms with van der Waals surface area (Å²) in [5, 5.41) is 3.71. The van der Waals surface area contributed by atoms with Gasteiger partial charge in [0.1, 0.15) is 5.58 Å². The molecule has 0 saturated heterocycles. The summed E-state index contributed by atoms with van der Waals surface area (Å²) in [5.41, 5.74) is 2.51. The van der Waals surface area contributed by atoms with Crippen molar-refractivity contribution in [3.63, 3.8) is 0 Å². The number of carbonyl (C=O) groups is 1. The number of para-hydroxylation sites is 1. The van der Waals surface area contributed by atoms with E-state index in [1.807, 2.05) is 37.3 Å². The van der Waals surface area contributed by atoms with E-state index in [4.69, 9.17) is 20.8 Å². The molecular formula is C29H28ClNO4. The third-order valence-electron chi connectivity index (χ3n) is 5.78. The third kappa shape index (κ3) is 5.41. The summed E-state index contributed by atoms with van der Waals surface area (Å²) in [6, 6.07) is 21.7. The van der Waals surface area contributed by atoms with E-state index in [9.17, 15) is 9.59 Å². The molecule has 1 amide bonds. The number of carbonyl (C=O) groups excluding carboxylic acids is 1. The van der Waals surface area contributed by atoms with Gasteiger partial charge in [-0.25, -0.2) is 0 Å². The summed E-state index contributed by atoms with van der Waals surface area (Å²) < 4.78 is 12.3. The van der Waals surface area contributed by atoms with Gasteiger partial charge in [-0.1, -0.05) is 81.8 Å². The molecule has 3 aromatic carbocycles. The molecule has 1 unspecified atom stereocenters. The van der Waals surface area contributed by atoms with Gasteiger partial charge in [-0.3, -0.25) is 9.59 Å². The largest absolute Gasteiger partial charge is 0.473 e. The maximum Gasteiger partial charge on any atom is 0.265 e. The summed E-state index contributed by atoms with van der Waals surface area (Å²) in [5.74, 6) is -0.0696. The molecule has 0 spiro atoms. The Morgan fingerprint density at radius 1 is 1.03 bits per heavy atom. The summed E-state index contributed by atoms with van der Waals surface area (Å²) in [6.07, 6.45) is -0.563. The third-order valence-corrected chi connectivity index (χ3v) is 6.02. The van der Waals surface area contributed by atoms with Gasteiger partial charge in [0, 0.05) is 16.3 Å². The first kappa shape index (κ1) is 24.6. The SMILES string of the molecule is CCC(Oc1c(-c2ccc(C(C)(C)C)cc2)oc2ccccc2c1=O)C(=O)Nc1cccc(Cl)c1. The molecule has 0 aliphatic carbocycles. The Labute approximate surface area is 209 Å². The van der Waals surface area contributed by atoms with Crippen molar-refractivity contribution < 1.29 is 13.9 Å². The Balaban J connectivity index is 1.75. The Morgan fingerprint density at radius 2 is 1.74 bits per heavy atom. The second kappa shape index (κ2) is 9.96. The molecule has 0 aliphatic rings. The highest BCUT2D eigenvalue weighted by Crippen LogP contribution is 2.33. The molecule has 1 N–H and O–H groups in total. The first-order valence-corrected chi connectivity index (χ1v) is 11.9. The molecule has 0 aliphatic heterocycles. The highest BCUT2D eigenvalue weighted by Gasteiger charge is 2.25. The van der Waals surface area contributed by atoms with Gasteiger partial charge in [-0.15, -0.1) is 0 Å². The van der Waals surface area contributed by atoms with Crippen LogP contribution in [0.3, 0.4) is 0 Å². The molecular weight excluding hydrogens is 462 g/mol. The van der Waals surface area contributed by atoms with E-state index in [1.165, 1.54) is 0 Å². The lowest BCUT2D eigenvalue weighted by atomic mass is 9.86. The number of nitrogens with one attached hydrogen (secondary N) is 1. The Bertz CT molecular complexity index is 1420. The minimum Gasteiger partial charge on any atom is -0.473 e. The van der Waals surface area contributed by atoms with E-state index in [0.717, 1.165) is 5.56 Å². The minimum absolute atomic E-state index is 0.0142. The normalized spacial score (nSPS) is 12.4. The van der Waals surface area contributed by atoms with Crippen LogP contribution in [-0.2, 0) is 10.2 Å². The van der Waals surface area contributed by atoms with Crippen LogP contribution in [0.25, 0.3) is 22.3 Å².